The van der Waals surface area contributed by atoms with Crippen LogP contribution in [0.4, 0.5) is 0 Å². The summed E-state index contributed by atoms with van der Waals surface area (Å²) in [6.07, 6.45) is 2.29. The Kier molecular flexibility index (Phi) is 7.21. The van der Waals surface area contributed by atoms with Crippen LogP contribution in [0.5, 0.6) is 5.75 Å². The third-order valence-electron chi connectivity index (χ3n) is 4.90. The predicted octanol–water partition coefficient (Wildman–Crippen LogP) is 4.75. The summed E-state index contributed by atoms with van der Waals surface area (Å²) in [5.74, 6) is 0.837. The van der Waals surface area contributed by atoms with Crippen molar-refractivity contribution in [3.05, 3.63) is 63.6 Å². The summed E-state index contributed by atoms with van der Waals surface area (Å²) in [5.41, 5.74) is 2.18. The summed E-state index contributed by atoms with van der Waals surface area (Å²) in [6, 6.07) is 13.8. The van der Waals surface area contributed by atoms with Crippen molar-refractivity contribution >= 4 is 23.2 Å². The number of benzene rings is 2. The van der Waals surface area contributed by atoms with E-state index in [0.29, 0.717) is 16.7 Å². The van der Waals surface area contributed by atoms with E-state index in [1.165, 1.54) is 44.7 Å². The number of hydrogen-bond donors (Lipinski definition) is 0. The number of likely N-dealkylation sites (N-methyl/N-ethyl adjacent to an activating group) is 1. The van der Waals surface area contributed by atoms with E-state index in [4.69, 9.17) is 27.9 Å². The quantitative estimate of drug-likeness (QED) is 0.675. The molecule has 0 saturated carbocycles. The first-order valence-corrected chi connectivity index (χ1v) is 9.93. The molecule has 0 amide bonds. The first-order chi connectivity index (χ1) is 12.6. The van der Waals surface area contributed by atoms with Crippen LogP contribution < -0.4 is 4.74 Å². The van der Waals surface area contributed by atoms with Gasteiger partial charge in [0, 0.05) is 41.8 Å². The smallest absolute Gasteiger partial charge is 0.119 e. The molecule has 26 heavy (non-hydrogen) atoms. The second-order valence-corrected chi connectivity index (χ2v) is 7.70. The SMILES string of the molecule is CN1CCN(CCCc2ccc(OCc3c(Cl)cccc3Cl)cc2)CC1. The third-order valence-corrected chi connectivity index (χ3v) is 5.61. The molecule has 1 aliphatic heterocycles. The molecule has 2 aromatic carbocycles. The normalized spacial score (nSPS) is 16.0. The number of halogens is 2. The minimum absolute atomic E-state index is 0.376. The van der Waals surface area contributed by atoms with Gasteiger partial charge in [-0.05, 0) is 56.3 Å². The van der Waals surface area contributed by atoms with Crippen LogP contribution in [0, 0.1) is 0 Å². The molecule has 0 radical (unpaired) electrons. The molecule has 5 heteroatoms. The standard InChI is InChI=1S/C21H26Cl2N2O/c1-24-12-14-25(15-13-24)11-3-4-17-7-9-18(10-8-17)26-16-19-20(22)5-2-6-21(19)23/h2,5-10H,3-4,11-16H2,1H3. The minimum atomic E-state index is 0.376. The van der Waals surface area contributed by atoms with Crippen LogP contribution in [0.2, 0.25) is 10.0 Å². The molecule has 3 rings (SSSR count). The van der Waals surface area contributed by atoms with Gasteiger partial charge in [-0.3, -0.25) is 0 Å². The fourth-order valence-corrected chi connectivity index (χ4v) is 3.66. The molecule has 1 fully saturated rings. The van der Waals surface area contributed by atoms with Gasteiger partial charge in [0.2, 0.25) is 0 Å². The first-order valence-electron chi connectivity index (χ1n) is 9.17. The molecule has 0 aliphatic carbocycles. The highest BCUT2D eigenvalue weighted by Crippen LogP contribution is 2.26. The lowest BCUT2D eigenvalue weighted by molar-refractivity contribution is 0.153. The van der Waals surface area contributed by atoms with Crippen molar-refractivity contribution in [2.45, 2.75) is 19.4 Å². The van der Waals surface area contributed by atoms with Crippen molar-refractivity contribution < 1.29 is 4.74 Å². The van der Waals surface area contributed by atoms with Crippen LogP contribution in [0.15, 0.2) is 42.5 Å². The fourth-order valence-electron chi connectivity index (χ4n) is 3.16. The number of hydrogen-bond acceptors (Lipinski definition) is 3. The highest BCUT2D eigenvalue weighted by Gasteiger charge is 2.12. The predicted molar refractivity (Wildman–Crippen MR) is 109 cm³/mol. The maximum atomic E-state index is 6.18. The van der Waals surface area contributed by atoms with E-state index in [9.17, 15) is 0 Å². The molecule has 0 atom stereocenters. The highest BCUT2D eigenvalue weighted by molar-refractivity contribution is 6.35. The van der Waals surface area contributed by atoms with E-state index >= 15 is 0 Å². The third kappa shape index (κ3) is 5.62. The topological polar surface area (TPSA) is 15.7 Å². The number of piperazine rings is 1. The van der Waals surface area contributed by atoms with Crippen LogP contribution in [0.3, 0.4) is 0 Å². The van der Waals surface area contributed by atoms with Gasteiger partial charge in [-0.2, -0.15) is 0 Å². The molecular weight excluding hydrogens is 367 g/mol. The molecule has 1 heterocycles. The van der Waals surface area contributed by atoms with Crippen LogP contribution in [0.1, 0.15) is 17.5 Å². The molecule has 0 unspecified atom stereocenters. The number of aryl methyl sites for hydroxylation is 1. The second-order valence-electron chi connectivity index (χ2n) is 6.88. The summed E-state index contributed by atoms with van der Waals surface area (Å²) in [4.78, 5) is 4.95. The van der Waals surface area contributed by atoms with Crippen molar-refractivity contribution in [1.29, 1.82) is 0 Å². The van der Waals surface area contributed by atoms with Crippen molar-refractivity contribution in [1.82, 2.24) is 9.80 Å². The number of ether oxygens (including phenoxy) is 1. The van der Waals surface area contributed by atoms with Gasteiger partial charge in [-0.15, -0.1) is 0 Å². The van der Waals surface area contributed by atoms with E-state index < -0.39 is 0 Å². The van der Waals surface area contributed by atoms with E-state index in [-0.39, 0.29) is 0 Å². The number of nitrogens with zero attached hydrogens (tertiary/aromatic N) is 2. The van der Waals surface area contributed by atoms with Gasteiger partial charge >= 0.3 is 0 Å². The zero-order valence-corrected chi connectivity index (χ0v) is 16.8. The zero-order chi connectivity index (χ0) is 18.4. The molecule has 0 aromatic heterocycles. The molecule has 1 aliphatic rings. The molecular formula is C21H26Cl2N2O. The van der Waals surface area contributed by atoms with E-state index in [0.717, 1.165) is 17.7 Å². The summed E-state index contributed by atoms with van der Waals surface area (Å²) in [5, 5.41) is 1.27. The summed E-state index contributed by atoms with van der Waals surface area (Å²) >= 11 is 12.4. The molecule has 0 N–H and O–H groups in total. The zero-order valence-electron chi connectivity index (χ0n) is 15.3. The van der Waals surface area contributed by atoms with E-state index in [1.807, 2.05) is 30.3 Å². The Morgan fingerprint density at radius 1 is 0.923 bits per heavy atom. The lowest BCUT2D eigenvalue weighted by atomic mass is 10.1. The van der Waals surface area contributed by atoms with Gasteiger partial charge in [-0.25, -0.2) is 0 Å². The fraction of sp³-hybridized carbons (Fsp3) is 0.429. The van der Waals surface area contributed by atoms with Gasteiger partial charge in [0.05, 0.1) is 0 Å². The van der Waals surface area contributed by atoms with Gasteiger partial charge < -0.3 is 14.5 Å². The van der Waals surface area contributed by atoms with Crippen LogP contribution in [0.25, 0.3) is 0 Å². The average molecular weight is 393 g/mol. The minimum Gasteiger partial charge on any atom is -0.489 e. The van der Waals surface area contributed by atoms with E-state index in [2.05, 4.69) is 29.0 Å². The monoisotopic (exact) mass is 392 g/mol. The van der Waals surface area contributed by atoms with Gasteiger partial charge in [0.1, 0.15) is 12.4 Å². The van der Waals surface area contributed by atoms with Crippen molar-refractivity contribution in [3.63, 3.8) is 0 Å². The van der Waals surface area contributed by atoms with Gasteiger partial charge in [0.15, 0.2) is 0 Å². The lowest BCUT2D eigenvalue weighted by Crippen LogP contribution is -2.44. The molecule has 1 saturated heterocycles. The Bertz CT molecular complexity index is 677. The highest BCUT2D eigenvalue weighted by atomic mass is 35.5. The van der Waals surface area contributed by atoms with E-state index in [1.54, 1.807) is 0 Å². The molecule has 0 bridgehead atoms. The van der Waals surface area contributed by atoms with Crippen molar-refractivity contribution in [2.75, 3.05) is 39.8 Å². The second kappa shape index (κ2) is 9.61. The van der Waals surface area contributed by atoms with Crippen LogP contribution in [-0.2, 0) is 13.0 Å². The molecule has 0 spiro atoms. The van der Waals surface area contributed by atoms with Crippen LogP contribution in [-0.4, -0.2) is 49.6 Å². The van der Waals surface area contributed by atoms with Gasteiger partial charge in [0.25, 0.3) is 0 Å². The molecule has 140 valence electrons. The average Bonchev–Trinajstić information content (AvgIpc) is 2.64. The lowest BCUT2D eigenvalue weighted by Gasteiger charge is -2.32. The number of rotatable bonds is 7. The molecule has 3 nitrogen and oxygen atoms in total. The van der Waals surface area contributed by atoms with Gasteiger partial charge in [-0.1, -0.05) is 41.4 Å². The largest absolute Gasteiger partial charge is 0.489 e. The van der Waals surface area contributed by atoms with Crippen molar-refractivity contribution in [3.8, 4) is 5.75 Å². The molecule has 2 aromatic rings. The maximum Gasteiger partial charge on any atom is 0.119 e. The first kappa shape index (κ1) is 19.5. The Morgan fingerprint density at radius 2 is 1.58 bits per heavy atom. The maximum absolute atomic E-state index is 6.18. The summed E-state index contributed by atoms with van der Waals surface area (Å²) in [7, 11) is 2.20. The van der Waals surface area contributed by atoms with Crippen molar-refractivity contribution in [2.24, 2.45) is 0 Å². The Labute approximate surface area is 166 Å². The Hall–Kier alpha value is -1.26. The Balaban J connectivity index is 1.43. The summed E-state index contributed by atoms with van der Waals surface area (Å²) < 4.78 is 5.84. The summed E-state index contributed by atoms with van der Waals surface area (Å²) in [6.45, 7) is 6.29. The Morgan fingerprint density at radius 3 is 2.23 bits per heavy atom. The van der Waals surface area contributed by atoms with Crippen LogP contribution >= 0.6 is 23.2 Å².